The fraction of sp³-hybridized carbons (Fsp3) is 0.500. The fourth-order valence-corrected chi connectivity index (χ4v) is 1.75. The number of esters is 1. The van der Waals surface area contributed by atoms with Crippen molar-refractivity contribution in [2.24, 2.45) is 10.8 Å². The number of methoxy groups -OCH3 is 1. The Kier molecular flexibility index (Phi) is 4.60. The molecule has 19 heavy (non-hydrogen) atoms. The molecule has 0 heterocycles. The summed E-state index contributed by atoms with van der Waals surface area (Å²) in [5.41, 5.74) is -6.53. The number of ether oxygens (including phenoxy) is 1. The Hall–Kier alpha value is -2.63. The highest BCUT2D eigenvalue weighted by Crippen LogP contribution is 2.44. The zero-order valence-electron chi connectivity index (χ0n) is 10.0. The maximum Gasteiger partial charge on any atom is 0.337 e. The molecule has 0 fully saturated rings. The van der Waals surface area contributed by atoms with Gasteiger partial charge >= 0.3 is 23.9 Å². The van der Waals surface area contributed by atoms with Crippen molar-refractivity contribution in [3.63, 3.8) is 0 Å². The molecule has 1 unspecified atom stereocenters. The third kappa shape index (κ3) is 1.87. The van der Waals surface area contributed by atoms with Crippen molar-refractivity contribution in [1.29, 1.82) is 5.26 Å². The molecule has 0 aromatic carbocycles. The highest BCUT2D eigenvalue weighted by molar-refractivity contribution is 6.21. The average Bonchev–Trinajstić information content (AvgIpc) is 2.33. The standard InChI is InChI=1S/C10H11NO8/c1-3-9(4-11,5(12)13)10(6(14)15,7(16)17)8(18)19-2/h3H2,1-2H3,(H,12,13)(H,14,15)(H,16,17). The van der Waals surface area contributed by atoms with E-state index in [1.54, 1.807) is 0 Å². The van der Waals surface area contributed by atoms with E-state index in [-0.39, 0.29) is 0 Å². The molecule has 0 spiro atoms. The van der Waals surface area contributed by atoms with Crippen LogP contribution in [0.5, 0.6) is 0 Å². The van der Waals surface area contributed by atoms with Crippen LogP contribution in [0.25, 0.3) is 0 Å². The third-order valence-electron chi connectivity index (χ3n) is 2.86. The molecular formula is C10H11NO8. The second-order valence-electron chi connectivity index (χ2n) is 3.53. The number of nitriles is 1. The van der Waals surface area contributed by atoms with E-state index in [1.165, 1.54) is 0 Å². The fourth-order valence-electron chi connectivity index (χ4n) is 1.75. The Labute approximate surface area is 107 Å². The minimum absolute atomic E-state index is 0.697. The molecule has 0 saturated heterocycles. The molecule has 0 aromatic rings. The SMILES string of the molecule is CCC(C#N)(C(=O)O)C(C(=O)O)(C(=O)O)C(=O)OC. The van der Waals surface area contributed by atoms with E-state index in [2.05, 4.69) is 4.74 Å². The summed E-state index contributed by atoms with van der Waals surface area (Å²) in [4.78, 5) is 45.3. The Morgan fingerprint density at radius 1 is 1.11 bits per heavy atom. The van der Waals surface area contributed by atoms with E-state index in [0.29, 0.717) is 7.11 Å². The molecule has 9 nitrogen and oxygen atoms in total. The smallest absolute Gasteiger partial charge is 0.337 e. The summed E-state index contributed by atoms with van der Waals surface area (Å²) in [5, 5.41) is 36.1. The van der Waals surface area contributed by atoms with Crippen molar-refractivity contribution >= 4 is 23.9 Å². The summed E-state index contributed by atoms with van der Waals surface area (Å²) in [6.45, 7) is 1.08. The number of hydrogen-bond acceptors (Lipinski definition) is 6. The number of carbonyl (C=O) groups is 4. The number of hydrogen-bond donors (Lipinski definition) is 3. The molecule has 104 valence electrons. The van der Waals surface area contributed by atoms with Gasteiger partial charge in [-0.3, -0.25) is 19.2 Å². The van der Waals surface area contributed by atoms with Crippen LogP contribution in [0.4, 0.5) is 0 Å². The molecule has 0 radical (unpaired) electrons. The van der Waals surface area contributed by atoms with Crippen molar-refractivity contribution in [3.8, 4) is 6.07 Å². The number of nitrogens with zero attached hydrogens (tertiary/aromatic N) is 1. The van der Waals surface area contributed by atoms with Crippen molar-refractivity contribution in [2.45, 2.75) is 13.3 Å². The van der Waals surface area contributed by atoms with Gasteiger partial charge in [-0.1, -0.05) is 6.92 Å². The summed E-state index contributed by atoms with van der Waals surface area (Å²) in [6.07, 6.45) is -0.716. The minimum Gasteiger partial charge on any atom is -0.480 e. The van der Waals surface area contributed by atoms with Gasteiger partial charge in [-0.15, -0.1) is 0 Å². The van der Waals surface area contributed by atoms with E-state index in [1.807, 2.05) is 0 Å². The summed E-state index contributed by atoms with van der Waals surface area (Å²) in [6, 6.07) is 1.12. The Morgan fingerprint density at radius 3 is 1.68 bits per heavy atom. The van der Waals surface area contributed by atoms with E-state index < -0.39 is 41.1 Å². The van der Waals surface area contributed by atoms with Crippen LogP contribution in [0, 0.1) is 22.2 Å². The summed E-state index contributed by atoms with van der Waals surface area (Å²) >= 11 is 0. The van der Waals surface area contributed by atoms with E-state index in [0.717, 1.165) is 13.0 Å². The van der Waals surface area contributed by atoms with E-state index >= 15 is 0 Å². The third-order valence-corrected chi connectivity index (χ3v) is 2.86. The first-order valence-electron chi connectivity index (χ1n) is 4.88. The molecule has 9 heteroatoms. The monoisotopic (exact) mass is 273 g/mol. The van der Waals surface area contributed by atoms with Gasteiger partial charge in [-0.05, 0) is 6.42 Å². The molecule has 0 bridgehead atoms. The van der Waals surface area contributed by atoms with Crippen LogP contribution in [0.3, 0.4) is 0 Å². The molecule has 0 saturated carbocycles. The second-order valence-corrected chi connectivity index (χ2v) is 3.53. The maximum absolute atomic E-state index is 11.6. The normalized spacial score (nSPS) is 13.7. The molecule has 0 rings (SSSR count). The van der Waals surface area contributed by atoms with Crippen molar-refractivity contribution < 1.29 is 39.2 Å². The van der Waals surface area contributed by atoms with E-state index in [4.69, 9.17) is 20.6 Å². The molecule has 0 aromatic heterocycles. The van der Waals surface area contributed by atoms with Gasteiger partial charge in [0.2, 0.25) is 0 Å². The summed E-state index contributed by atoms with van der Waals surface area (Å²) < 4.78 is 4.08. The van der Waals surface area contributed by atoms with Gasteiger partial charge in [0, 0.05) is 0 Å². The quantitative estimate of drug-likeness (QED) is 0.420. The minimum atomic E-state index is -3.54. The lowest BCUT2D eigenvalue weighted by Gasteiger charge is -2.33. The van der Waals surface area contributed by atoms with Crippen LogP contribution in [-0.4, -0.2) is 46.3 Å². The zero-order valence-corrected chi connectivity index (χ0v) is 10.0. The summed E-state index contributed by atoms with van der Waals surface area (Å²) in [7, 11) is 0.697. The molecular weight excluding hydrogens is 262 g/mol. The lowest BCUT2D eigenvalue weighted by Crippen LogP contribution is -2.61. The largest absolute Gasteiger partial charge is 0.480 e. The number of rotatable bonds is 6. The lowest BCUT2D eigenvalue weighted by atomic mass is 9.62. The predicted octanol–water partition coefficient (Wildman–Crippen LogP) is -0.680. The molecule has 1 atom stereocenters. The van der Waals surface area contributed by atoms with Crippen molar-refractivity contribution in [2.75, 3.05) is 7.11 Å². The number of carbonyl (C=O) groups excluding carboxylic acids is 1. The lowest BCUT2D eigenvalue weighted by molar-refractivity contribution is -0.192. The number of carboxylic acid groups (broad SMARTS) is 3. The predicted molar refractivity (Wildman–Crippen MR) is 55.7 cm³/mol. The molecule has 3 N–H and O–H groups in total. The average molecular weight is 273 g/mol. The van der Waals surface area contributed by atoms with Crippen LogP contribution in [0.1, 0.15) is 13.3 Å². The highest BCUT2D eigenvalue weighted by Gasteiger charge is 2.73. The van der Waals surface area contributed by atoms with Crippen molar-refractivity contribution in [3.05, 3.63) is 0 Å². The Bertz CT molecular complexity index is 462. The highest BCUT2D eigenvalue weighted by atomic mass is 16.5. The molecule has 0 aliphatic heterocycles. The van der Waals surface area contributed by atoms with Crippen molar-refractivity contribution in [1.82, 2.24) is 0 Å². The Balaban J connectivity index is 6.67. The van der Waals surface area contributed by atoms with Crippen LogP contribution in [0.2, 0.25) is 0 Å². The van der Waals surface area contributed by atoms with Gasteiger partial charge in [0.05, 0.1) is 13.2 Å². The maximum atomic E-state index is 11.6. The topological polar surface area (TPSA) is 162 Å². The van der Waals surface area contributed by atoms with Gasteiger partial charge in [0.25, 0.3) is 5.41 Å². The van der Waals surface area contributed by atoms with Crippen LogP contribution in [-0.2, 0) is 23.9 Å². The van der Waals surface area contributed by atoms with Gasteiger partial charge < -0.3 is 20.1 Å². The molecule has 0 amide bonds. The Morgan fingerprint density at radius 2 is 1.53 bits per heavy atom. The van der Waals surface area contributed by atoms with E-state index in [9.17, 15) is 19.2 Å². The first kappa shape index (κ1) is 16.4. The van der Waals surface area contributed by atoms with Gasteiger partial charge in [-0.2, -0.15) is 5.26 Å². The second kappa shape index (κ2) is 5.34. The number of aliphatic carboxylic acids is 3. The van der Waals surface area contributed by atoms with Gasteiger partial charge in [-0.25, -0.2) is 0 Å². The van der Waals surface area contributed by atoms with Crippen LogP contribution in [0.15, 0.2) is 0 Å². The first-order chi connectivity index (χ1) is 8.68. The van der Waals surface area contributed by atoms with Crippen LogP contribution >= 0.6 is 0 Å². The zero-order chi connectivity index (χ0) is 15.4. The first-order valence-corrected chi connectivity index (χ1v) is 4.88. The molecule has 0 aliphatic carbocycles. The van der Waals surface area contributed by atoms with Gasteiger partial charge in [0.1, 0.15) is 0 Å². The van der Waals surface area contributed by atoms with Crippen LogP contribution < -0.4 is 0 Å². The summed E-state index contributed by atoms with van der Waals surface area (Å²) in [5.74, 6) is -8.43. The number of carboxylic acids is 3. The molecule has 0 aliphatic rings. The van der Waals surface area contributed by atoms with Gasteiger partial charge in [0.15, 0.2) is 5.41 Å².